The lowest BCUT2D eigenvalue weighted by Crippen LogP contribution is -2.13. The maximum atomic E-state index is 13.2. The average Bonchev–Trinajstić information content (AvgIpc) is 2.60. The molecule has 0 saturated carbocycles. The molecule has 1 heterocycles. The Morgan fingerprint density at radius 3 is 2.36 bits per heavy atom. The van der Waals surface area contributed by atoms with Crippen molar-refractivity contribution < 1.29 is 9.18 Å². The molecule has 3 aromatic rings. The van der Waals surface area contributed by atoms with Crippen molar-refractivity contribution in [3.8, 4) is 0 Å². The molecule has 1 amide bonds. The van der Waals surface area contributed by atoms with E-state index in [0.29, 0.717) is 5.82 Å². The van der Waals surface area contributed by atoms with Gasteiger partial charge in [0.1, 0.15) is 11.6 Å². The molecule has 5 heteroatoms. The molecule has 0 spiro atoms. The number of pyridine rings is 1. The first-order valence-corrected chi connectivity index (χ1v) is 7.89. The van der Waals surface area contributed by atoms with Gasteiger partial charge in [0.15, 0.2) is 0 Å². The zero-order chi connectivity index (χ0) is 17.8. The van der Waals surface area contributed by atoms with E-state index in [1.165, 1.54) is 18.2 Å². The number of aryl methyl sites for hydroxylation is 2. The van der Waals surface area contributed by atoms with Gasteiger partial charge in [-0.15, -0.1) is 0 Å². The van der Waals surface area contributed by atoms with E-state index in [0.717, 1.165) is 22.5 Å². The molecule has 0 aliphatic rings. The molecule has 4 nitrogen and oxygen atoms in total. The topological polar surface area (TPSA) is 54.0 Å². The molecule has 3 rings (SSSR count). The van der Waals surface area contributed by atoms with Crippen molar-refractivity contribution in [2.75, 3.05) is 10.6 Å². The molecule has 25 heavy (non-hydrogen) atoms. The third kappa shape index (κ3) is 4.01. The van der Waals surface area contributed by atoms with Gasteiger partial charge in [-0.2, -0.15) is 0 Å². The number of rotatable bonds is 4. The predicted molar refractivity (Wildman–Crippen MR) is 97.8 cm³/mol. The number of para-hydroxylation sites is 1. The molecule has 0 bridgehead atoms. The molecule has 0 atom stereocenters. The quantitative estimate of drug-likeness (QED) is 0.718. The van der Waals surface area contributed by atoms with E-state index in [9.17, 15) is 9.18 Å². The van der Waals surface area contributed by atoms with Crippen molar-refractivity contribution in [3.05, 3.63) is 83.3 Å². The maximum Gasteiger partial charge on any atom is 0.256 e. The zero-order valence-corrected chi connectivity index (χ0v) is 14.0. The van der Waals surface area contributed by atoms with Crippen LogP contribution in [0.2, 0.25) is 0 Å². The van der Waals surface area contributed by atoms with Crippen molar-refractivity contribution in [2.45, 2.75) is 13.8 Å². The summed E-state index contributed by atoms with van der Waals surface area (Å²) in [5.74, 6) is -0.447. The van der Waals surface area contributed by atoms with Crippen LogP contribution >= 0.6 is 0 Å². The van der Waals surface area contributed by atoms with Crippen LogP contribution in [0.4, 0.5) is 21.6 Å². The summed E-state index contributed by atoms with van der Waals surface area (Å²) in [6, 6.07) is 15.2. The fraction of sp³-hybridized carbons (Fsp3) is 0.100. The number of amides is 1. The molecule has 126 valence electrons. The number of carbonyl (C=O) groups is 1. The summed E-state index contributed by atoms with van der Waals surface area (Å²) in [4.78, 5) is 16.3. The van der Waals surface area contributed by atoms with Gasteiger partial charge in [0.05, 0.1) is 11.9 Å². The van der Waals surface area contributed by atoms with E-state index < -0.39 is 11.7 Å². The lowest BCUT2D eigenvalue weighted by molar-refractivity contribution is 0.102. The minimum atomic E-state index is -0.450. The smallest absolute Gasteiger partial charge is 0.256 e. The fourth-order valence-electron chi connectivity index (χ4n) is 2.52. The third-order valence-electron chi connectivity index (χ3n) is 3.84. The number of aromatic nitrogens is 1. The Labute approximate surface area is 145 Å². The van der Waals surface area contributed by atoms with Gasteiger partial charge in [0.25, 0.3) is 5.91 Å². The van der Waals surface area contributed by atoms with E-state index in [4.69, 9.17) is 0 Å². The summed E-state index contributed by atoms with van der Waals surface area (Å²) in [6.07, 6.45) is 1.65. The highest BCUT2D eigenvalue weighted by molar-refractivity contribution is 6.03. The second-order valence-electron chi connectivity index (χ2n) is 5.79. The van der Waals surface area contributed by atoms with Gasteiger partial charge < -0.3 is 10.6 Å². The van der Waals surface area contributed by atoms with Crippen LogP contribution in [-0.4, -0.2) is 10.9 Å². The van der Waals surface area contributed by atoms with E-state index >= 15 is 0 Å². The van der Waals surface area contributed by atoms with Crippen LogP contribution in [0.1, 0.15) is 21.5 Å². The minimum Gasteiger partial charge on any atom is -0.354 e. The molecule has 0 saturated heterocycles. The Morgan fingerprint density at radius 2 is 1.72 bits per heavy atom. The van der Waals surface area contributed by atoms with Crippen molar-refractivity contribution in [1.82, 2.24) is 4.98 Å². The van der Waals surface area contributed by atoms with Crippen molar-refractivity contribution in [3.63, 3.8) is 0 Å². The summed E-state index contributed by atoms with van der Waals surface area (Å²) in [5, 5.41) is 5.99. The van der Waals surface area contributed by atoms with Gasteiger partial charge in [-0.05, 0) is 55.3 Å². The second kappa shape index (κ2) is 7.13. The maximum absolute atomic E-state index is 13.2. The first-order valence-electron chi connectivity index (χ1n) is 7.89. The molecule has 0 aliphatic carbocycles. The Bertz CT molecular complexity index is 887. The highest BCUT2D eigenvalue weighted by Crippen LogP contribution is 2.24. The number of hydrogen-bond donors (Lipinski definition) is 2. The highest BCUT2D eigenvalue weighted by Gasteiger charge is 2.08. The zero-order valence-electron chi connectivity index (χ0n) is 14.0. The molecular formula is C20H18FN3O. The van der Waals surface area contributed by atoms with Gasteiger partial charge in [-0.25, -0.2) is 9.37 Å². The molecule has 0 aliphatic heterocycles. The van der Waals surface area contributed by atoms with E-state index in [-0.39, 0.29) is 5.56 Å². The van der Waals surface area contributed by atoms with E-state index in [2.05, 4.69) is 15.6 Å². The Hall–Kier alpha value is -3.21. The molecule has 0 radical (unpaired) electrons. The first kappa shape index (κ1) is 16.6. The van der Waals surface area contributed by atoms with Crippen LogP contribution in [0.25, 0.3) is 0 Å². The summed E-state index contributed by atoms with van der Waals surface area (Å²) < 4.78 is 13.2. The monoisotopic (exact) mass is 335 g/mol. The Kier molecular flexibility index (Phi) is 4.75. The molecule has 2 N–H and O–H groups in total. The van der Waals surface area contributed by atoms with Crippen molar-refractivity contribution in [1.29, 1.82) is 0 Å². The molecule has 2 aromatic carbocycles. The SMILES string of the molecule is Cc1cccc(C)c1Nc1ccc(NC(=O)c2cccc(F)c2)nc1. The van der Waals surface area contributed by atoms with Gasteiger partial charge in [0, 0.05) is 11.3 Å². The van der Waals surface area contributed by atoms with Gasteiger partial charge >= 0.3 is 0 Å². The number of nitrogens with one attached hydrogen (secondary N) is 2. The highest BCUT2D eigenvalue weighted by atomic mass is 19.1. The summed E-state index contributed by atoms with van der Waals surface area (Å²) in [6.45, 7) is 4.08. The minimum absolute atomic E-state index is 0.250. The lowest BCUT2D eigenvalue weighted by Gasteiger charge is -2.13. The van der Waals surface area contributed by atoms with Crippen LogP contribution in [0.5, 0.6) is 0 Å². The summed E-state index contributed by atoms with van der Waals surface area (Å²) in [7, 11) is 0. The van der Waals surface area contributed by atoms with Gasteiger partial charge in [-0.3, -0.25) is 4.79 Å². The number of anilines is 3. The van der Waals surface area contributed by atoms with Crippen LogP contribution in [-0.2, 0) is 0 Å². The summed E-state index contributed by atoms with van der Waals surface area (Å²) >= 11 is 0. The summed E-state index contributed by atoms with van der Waals surface area (Å²) in [5.41, 5.74) is 4.40. The van der Waals surface area contributed by atoms with Crippen molar-refractivity contribution >= 4 is 23.1 Å². The van der Waals surface area contributed by atoms with Gasteiger partial charge in [0.2, 0.25) is 0 Å². The molecule has 1 aromatic heterocycles. The Balaban J connectivity index is 1.71. The predicted octanol–water partition coefficient (Wildman–Crippen LogP) is 4.83. The molecule has 0 fully saturated rings. The number of carbonyl (C=O) groups excluding carboxylic acids is 1. The molecular weight excluding hydrogens is 317 g/mol. The third-order valence-corrected chi connectivity index (χ3v) is 3.84. The van der Waals surface area contributed by atoms with Crippen LogP contribution in [0.3, 0.4) is 0 Å². The van der Waals surface area contributed by atoms with Crippen LogP contribution in [0, 0.1) is 19.7 Å². The number of nitrogens with zero attached hydrogens (tertiary/aromatic N) is 1. The largest absolute Gasteiger partial charge is 0.354 e. The fourth-order valence-corrected chi connectivity index (χ4v) is 2.52. The van der Waals surface area contributed by atoms with E-state index in [1.54, 1.807) is 18.3 Å². The van der Waals surface area contributed by atoms with E-state index in [1.807, 2.05) is 38.1 Å². The van der Waals surface area contributed by atoms with Crippen LogP contribution < -0.4 is 10.6 Å². The standard InChI is InChI=1S/C20H18FN3O/c1-13-5-3-6-14(2)19(13)23-17-9-10-18(22-12-17)24-20(25)15-7-4-8-16(21)11-15/h3-12,23H,1-2H3,(H,22,24,25). The number of benzene rings is 2. The second-order valence-corrected chi connectivity index (χ2v) is 5.79. The lowest BCUT2D eigenvalue weighted by atomic mass is 10.1. The molecule has 0 unspecified atom stereocenters. The van der Waals surface area contributed by atoms with Gasteiger partial charge in [-0.1, -0.05) is 24.3 Å². The normalized spacial score (nSPS) is 10.4. The first-order chi connectivity index (χ1) is 12.0. The average molecular weight is 335 g/mol. The van der Waals surface area contributed by atoms with Crippen LogP contribution in [0.15, 0.2) is 60.8 Å². The number of hydrogen-bond acceptors (Lipinski definition) is 3. The van der Waals surface area contributed by atoms with Crippen molar-refractivity contribution in [2.24, 2.45) is 0 Å². The Morgan fingerprint density at radius 1 is 1.00 bits per heavy atom. The number of halogens is 1.